The lowest BCUT2D eigenvalue weighted by molar-refractivity contribution is 0.0507. The number of anilines is 1. The highest BCUT2D eigenvalue weighted by molar-refractivity contribution is 5.74. The summed E-state index contributed by atoms with van der Waals surface area (Å²) in [6.45, 7) is 4.73. The van der Waals surface area contributed by atoms with Crippen LogP contribution in [-0.2, 0) is 10.2 Å². The molecule has 166 valence electrons. The minimum absolute atomic E-state index is 0.0482. The fraction of sp³-hybridized carbons (Fsp3) is 0.480. The molecule has 0 saturated carbocycles. The van der Waals surface area contributed by atoms with E-state index in [9.17, 15) is 4.79 Å². The number of carbonyl (C=O) groups excluding carboxylic acids is 1. The van der Waals surface area contributed by atoms with Crippen LogP contribution in [0.1, 0.15) is 24.8 Å². The lowest BCUT2D eigenvalue weighted by atomic mass is 9.74. The maximum Gasteiger partial charge on any atom is 0.314 e. The van der Waals surface area contributed by atoms with Crippen molar-refractivity contribution in [3.8, 4) is 5.75 Å². The average molecular weight is 424 g/mol. The summed E-state index contributed by atoms with van der Waals surface area (Å²) in [5.74, 6) is 1.32. The molecule has 2 aromatic rings. The lowest BCUT2D eigenvalue weighted by Crippen LogP contribution is -2.48. The molecule has 2 heterocycles. The van der Waals surface area contributed by atoms with E-state index in [1.54, 1.807) is 7.11 Å². The predicted molar refractivity (Wildman–Crippen MR) is 123 cm³/mol. The molecule has 2 aromatic carbocycles. The van der Waals surface area contributed by atoms with Crippen molar-refractivity contribution in [1.29, 1.82) is 0 Å². The Morgan fingerprint density at radius 2 is 1.94 bits per heavy atom. The Balaban J connectivity index is 1.26. The number of nitrogens with one attached hydrogen (secondary N) is 2. The van der Waals surface area contributed by atoms with Crippen molar-refractivity contribution in [1.82, 2.24) is 10.6 Å². The Morgan fingerprint density at radius 1 is 1.13 bits per heavy atom. The smallest absolute Gasteiger partial charge is 0.314 e. The van der Waals surface area contributed by atoms with E-state index in [0.717, 1.165) is 51.3 Å². The molecular formula is C25H33N3O3. The van der Waals surface area contributed by atoms with E-state index in [0.29, 0.717) is 19.0 Å². The van der Waals surface area contributed by atoms with Crippen LogP contribution in [0.15, 0.2) is 54.6 Å². The second-order valence-electron chi connectivity index (χ2n) is 8.62. The fourth-order valence-electron chi connectivity index (χ4n) is 4.71. The summed E-state index contributed by atoms with van der Waals surface area (Å²) in [5, 5.41) is 6.23. The normalized spacial score (nSPS) is 20.3. The molecule has 0 aliphatic carbocycles. The monoisotopic (exact) mass is 423 g/mol. The highest BCUT2D eigenvalue weighted by Crippen LogP contribution is 2.34. The molecule has 0 aromatic heterocycles. The summed E-state index contributed by atoms with van der Waals surface area (Å²) in [6, 6.07) is 18.6. The number of urea groups is 1. The SMILES string of the molecule is COc1cccc(N2CCC(CNC(=O)NCC3(c4ccccc4)CCOCC3)C2)c1. The minimum Gasteiger partial charge on any atom is -0.497 e. The second kappa shape index (κ2) is 10.1. The molecule has 1 atom stereocenters. The van der Waals surface area contributed by atoms with Crippen LogP contribution in [0.5, 0.6) is 5.75 Å². The first-order chi connectivity index (χ1) is 15.2. The number of hydrogen-bond donors (Lipinski definition) is 2. The van der Waals surface area contributed by atoms with Gasteiger partial charge in [-0.2, -0.15) is 0 Å². The van der Waals surface area contributed by atoms with Crippen LogP contribution in [0.3, 0.4) is 0 Å². The lowest BCUT2D eigenvalue weighted by Gasteiger charge is -2.38. The van der Waals surface area contributed by atoms with Crippen LogP contribution in [0.25, 0.3) is 0 Å². The van der Waals surface area contributed by atoms with Crippen LogP contribution in [-0.4, -0.2) is 52.5 Å². The molecule has 2 saturated heterocycles. The van der Waals surface area contributed by atoms with Gasteiger partial charge in [-0.25, -0.2) is 4.79 Å². The minimum atomic E-state index is -0.0818. The molecule has 0 bridgehead atoms. The van der Waals surface area contributed by atoms with Gasteiger partial charge in [0.2, 0.25) is 0 Å². The Morgan fingerprint density at radius 3 is 2.71 bits per heavy atom. The Kier molecular flexibility index (Phi) is 6.97. The summed E-state index contributed by atoms with van der Waals surface area (Å²) in [7, 11) is 1.69. The number of rotatable bonds is 7. The van der Waals surface area contributed by atoms with E-state index >= 15 is 0 Å². The number of methoxy groups -OCH3 is 1. The average Bonchev–Trinajstić information content (AvgIpc) is 3.32. The molecular weight excluding hydrogens is 390 g/mol. The van der Waals surface area contributed by atoms with Gasteiger partial charge in [0.05, 0.1) is 7.11 Å². The van der Waals surface area contributed by atoms with Gasteiger partial charge < -0.3 is 25.0 Å². The third kappa shape index (κ3) is 5.31. The first kappa shape index (κ1) is 21.5. The third-order valence-electron chi connectivity index (χ3n) is 6.68. The highest BCUT2D eigenvalue weighted by Gasteiger charge is 2.34. The van der Waals surface area contributed by atoms with E-state index in [4.69, 9.17) is 9.47 Å². The molecule has 2 aliphatic rings. The molecule has 4 rings (SSSR count). The number of benzene rings is 2. The molecule has 2 amide bonds. The molecule has 0 spiro atoms. The summed E-state index contributed by atoms with van der Waals surface area (Å²) in [6.07, 6.45) is 2.92. The molecule has 2 N–H and O–H groups in total. The van der Waals surface area contributed by atoms with Gasteiger partial charge in [0, 0.05) is 56.6 Å². The highest BCUT2D eigenvalue weighted by atomic mass is 16.5. The Hall–Kier alpha value is -2.73. The van der Waals surface area contributed by atoms with Gasteiger partial charge >= 0.3 is 6.03 Å². The zero-order valence-corrected chi connectivity index (χ0v) is 18.3. The van der Waals surface area contributed by atoms with Crippen LogP contribution >= 0.6 is 0 Å². The number of hydrogen-bond acceptors (Lipinski definition) is 4. The van der Waals surface area contributed by atoms with Crippen LogP contribution in [0.4, 0.5) is 10.5 Å². The van der Waals surface area contributed by atoms with Gasteiger partial charge in [-0.15, -0.1) is 0 Å². The zero-order chi connectivity index (χ0) is 21.5. The summed E-state index contributed by atoms with van der Waals surface area (Å²) >= 11 is 0. The van der Waals surface area contributed by atoms with E-state index in [-0.39, 0.29) is 11.4 Å². The molecule has 0 radical (unpaired) electrons. The number of ether oxygens (including phenoxy) is 2. The van der Waals surface area contributed by atoms with E-state index < -0.39 is 0 Å². The van der Waals surface area contributed by atoms with E-state index in [2.05, 4.69) is 51.9 Å². The molecule has 2 fully saturated rings. The van der Waals surface area contributed by atoms with Crippen molar-refractivity contribution in [2.24, 2.45) is 5.92 Å². The van der Waals surface area contributed by atoms with Gasteiger partial charge in [-0.1, -0.05) is 36.4 Å². The van der Waals surface area contributed by atoms with E-state index in [1.807, 2.05) is 18.2 Å². The van der Waals surface area contributed by atoms with E-state index in [1.165, 1.54) is 11.3 Å². The fourth-order valence-corrected chi connectivity index (χ4v) is 4.71. The molecule has 31 heavy (non-hydrogen) atoms. The number of carbonyl (C=O) groups is 1. The Bertz CT molecular complexity index is 852. The van der Waals surface area contributed by atoms with Crippen molar-refractivity contribution in [2.75, 3.05) is 51.4 Å². The number of nitrogens with zero attached hydrogens (tertiary/aromatic N) is 1. The largest absolute Gasteiger partial charge is 0.497 e. The van der Waals surface area contributed by atoms with Crippen molar-refractivity contribution >= 4 is 11.7 Å². The quantitative estimate of drug-likeness (QED) is 0.715. The molecule has 2 aliphatic heterocycles. The Labute approximate surface area is 184 Å². The standard InChI is InChI=1S/C25H33N3O3/c1-30-23-9-5-8-22(16-23)28-13-10-20(18-28)17-26-24(29)27-19-25(11-14-31-15-12-25)21-6-3-2-4-7-21/h2-9,16,20H,10-15,17-19H2,1H3,(H2,26,27,29). The maximum absolute atomic E-state index is 12.6. The summed E-state index contributed by atoms with van der Waals surface area (Å²) < 4.78 is 10.9. The molecule has 6 nitrogen and oxygen atoms in total. The van der Waals surface area contributed by atoms with Gasteiger partial charge in [0.25, 0.3) is 0 Å². The van der Waals surface area contributed by atoms with Crippen molar-refractivity contribution in [3.63, 3.8) is 0 Å². The summed E-state index contributed by atoms with van der Waals surface area (Å²) in [4.78, 5) is 14.9. The van der Waals surface area contributed by atoms with Crippen LogP contribution in [0, 0.1) is 5.92 Å². The van der Waals surface area contributed by atoms with Gasteiger partial charge in [0.1, 0.15) is 5.75 Å². The van der Waals surface area contributed by atoms with Crippen molar-refractivity contribution in [3.05, 3.63) is 60.2 Å². The summed E-state index contributed by atoms with van der Waals surface area (Å²) in [5.41, 5.74) is 2.41. The second-order valence-corrected chi connectivity index (χ2v) is 8.62. The third-order valence-corrected chi connectivity index (χ3v) is 6.68. The van der Waals surface area contributed by atoms with Crippen molar-refractivity contribution in [2.45, 2.75) is 24.7 Å². The van der Waals surface area contributed by atoms with Crippen LogP contribution in [0.2, 0.25) is 0 Å². The number of amides is 2. The zero-order valence-electron chi connectivity index (χ0n) is 18.3. The van der Waals surface area contributed by atoms with Crippen LogP contribution < -0.4 is 20.3 Å². The molecule has 1 unspecified atom stereocenters. The van der Waals surface area contributed by atoms with Crippen molar-refractivity contribution < 1.29 is 14.3 Å². The topological polar surface area (TPSA) is 62.8 Å². The molecule has 6 heteroatoms. The first-order valence-corrected chi connectivity index (χ1v) is 11.2. The predicted octanol–water partition coefficient (Wildman–Crippen LogP) is 3.57. The van der Waals surface area contributed by atoms with Gasteiger partial charge in [-0.05, 0) is 42.9 Å². The van der Waals surface area contributed by atoms with Gasteiger partial charge in [0.15, 0.2) is 0 Å². The maximum atomic E-state index is 12.6. The van der Waals surface area contributed by atoms with Gasteiger partial charge in [-0.3, -0.25) is 0 Å². The first-order valence-electron chi connectivity index (χ1n) is 11.2.